The Balaban J connectivity index is 2.39. The molecule has 0 aliphatic rings. The van der Waals surface area contributed by atoms with E-state index in [1.807, 2.05) is 0 Å². The molecule has 2 N–H and O–H groups in total. The number of aromatic nitrogens is 1. The molecule has 2 rings (SSSR count). The first-order valence-corrected chi connectivity index (χ1v) is 6.73. The second-order valence-electron chi connectivity index (χ2n) is 4.34. The fourth-order valence-electron chi connectivity index (χ4n) is 1.73. The van der Waals surface area contributed by atoms with E-state index in [0.29, 0.717) is 0 Å². The summed E-state index contributed by atoms with van der Waals surface area (Å²) in [5, 5.41) is 1.04. The quantitative estimate of drug-likeness (QED) is 0.893. The molecule has 0 radical (unpaired) electrons. The monoisotopic (exact) mass is 246 g/mol. The van der Waals surface area contributed by atoms with E-state index in [1.54, 1.807) is 11.3 Å². The Hall–Kier alpha value is -1.19. The smallest absolute Gasteiger partial charge is 0.110 e. The molecule has 0 aliphatic heterocycles. The normalized spacial score (nSPS) is 12.7. The molecule has 3 heteroatoms. The van der Waals surface area contributed by atoms with Gasteiger partial charge in [0.1, 0.15) is 5.01 Å². The molecule has 0 fully saturated rings. The lowest BCUT2D eigenvalue weighted by atomic mass is 10.1. The van der Waals surface area contributed by atoms with Crippen LogP contribution in [0.5, 0.6) is 0 Å². The molecule has 1 aromatic heterocycles. The van der Waals surface area contributed by atoms with Gasteiger partial charge in [0.2, 0.25) is 0 Å². The number of benzene rings is 1. The van der Waals surface area contributed by atoms with Gasteiger partial charge in [0.25, 0.3) is 0 Å². The fraction of sp³-hybridized carbons (Fsp3) is 0.357. The first kappa shape index (κ1) is 12.3. The van der Waals surface area contributed by atoms with E-state index in [4.69, 9.17) is 5.73 Å². The highest BCUT2D eigenvalue weighted by Crippen LogP contribution is 2.30. The van der Waals surface area contributed by atoms with Crippen LogP contribution in [0.1, 0.15) is 34.8 Å². The molecule has 1 atom stereocenters. The number of rotatable bonds is 3. The van der Waals surface area contributed by atoms with Crippen LogP contribution in [-0.4, -0.2) is 4.98 Å². The maximum Gasteiger partial charge on any atom is 0.110 e. The molecule has 1 unspecified atom stereocenters. The van der Waals surface area contributed by atoms with E-state index in [9.17, 15) is 0 Å². The standard InChI is InChI=1S/C14H18N2S/c1-4-12(15)14-16-13(10(3)17-14)11-7-5-9(2)6-8-11/h5-8,12H,4,15H2,1-3H3. The zero-order valence-electron chi connectivity index (χ0n) is 10.5. The third-order valence-corrected chi connectivity index (χ3v) is 4.00. The van der Waals surface area contributed by atoms with Gasteiger partial charge in [-0.2, -0.15) is 0 Å². The molecule has 0 saturated heterocycles. The van der Waals surface area contributed by atoms with Crippen molar-refractivity contribution in [3.63, 3.8) is 0 Å². The summed E-state index contributed by atoms with van der Waals surface area (Å²) >= 11 is 1.71. The second-order valence-corrected chi connectivity index (χ2v) is 5.57. The summed E-state index contributed by atoms with van der Waals surface area (Å²) in [6, 6.07) is 8.55. The van der Waals surface area contributed by atoms with Crippen molar-refractivity contribution in [1.82, 2.24) is 4.98 Å². The van der Waals surface area contributed by atoms with Gasteiger partial charge in [-0.15, -0.1) is 11.3 Å². The van der Waals surface area contributed by atoms with Crippen LogP contribution in [0.3, 0.4) is 0 Å². The molecule has 0 aliphatic carbocycles. The third kappa shape index (κ3) is 2.56. The Bertz CT molecular complexity index is 499. The van der Waals surface area contributed by atoms with Crippen LogP contribution in [0.4, 0.5) is 0 Å². The Morgan fingerprint density at radius 3 is 2.47 bits per heavy atom. The van der Waals surface area contributed by atoms with Crippen molar-refractivity contribution in [3.05, 3.63) is 39.7 Å². The zero-order chi connectivity index (χ0) is 12.4. The lowest BCUT2D eigenvalue weighted by Crippen LogP contribution is -2.07. The molecule has 2 nitrogen and oxygen atoms in total. The van der Waals surface area contributed by atoms with E-state index in [0.717, 1.165) is 17.1 Å². The van der Waals surface area contributed by atoms with E-state index < -0.39 is 0 Å². The maximum absolute atomic E-state index is 6.03. The number of thiazole rings is 1. The van der Waals surface area contributed by atoms with E-state index in [2.05, 4.69) is 50.0 Å². The average Bonchev–Trinajstić information content (AvgIpc) is 2.71. The van der Waals surface area contributed by atoms with E-state index in [1.165, 1.54) is 16.0 Å². The lowest BCUT2D eigenvalue weighted by molar-refractivity contribution is 0.693. The predicted molar refractivity (Wildman–Crippen MR) is 74.2 cm³/mol. The SMILES string of the molecule is CCC(N)c1nc(-c2ccc(C)cc2)c(C)s1. The molecular formula is C14H18N2S. The van der Waals surface area contributed by atoms with Gasteiger partial charge in [0.05, 0.1) is 11.7 Å². The molecule has 17 heavy (non-hydrogen) atoms. The Morgan fingerprint density at radius 2 is 1.88 bits per heavy atom. The summed E-state index contributed by atoms with van der Waals surface area (Å²) in [5.41, 5.74) is 9.55. The van der Waals surface area contributed by atoms with Gasteiger partial charge >= 0.3 is 0 Å². The van der Waals surface area contributed by atoms with Crippen molar-refractivity contribution < 1.29 is 0 Å². The Morgan fingerprint density at radius 1 is 1.24 bits per heavy atom. The minimum Gasteiger partial charge on any atom is -0.322 e. The Kier molecular flexibility index (Phi) is 3.60. The fourth-order valence-corrected chi connectivity index (χ4v) is 2.76. The number of hydrogen-bond acceptors (Lipinski definition) is 3. The van der Waals surface area contributed by atoms with Crippen LogP contribution in [0.15, 0.2) is 24.3 Å². The molecule has 0 spiro atoms. The van der Waals surface area contributed by atoms with Crippen molar-refractivity contribution in [3.8, 4) is 11.3 Å². The third-order valence-electron chi connectivity index (χ3n) is 2.90. The van der Waals surface area contributed by atoms with Gasteiger partial charge in [-0.3, -0.25) is 0 Å². The summed E-state index contributed by atoms with van der Waals surface area (Å²) in [6.07, 6.45) is 0.931. The predicted octanol–water partition coefficient (Wildman–Crippen LogP) is 3.84. The molecular weight excluding hydrogens is 228 g/mol. The highest BCUT2D eigenvalue weighted by Gasteiger charge is 2.13. The summed E-state index contributed by atoms with van der Waals surface area (Å²) in [6.45, 7) is 6.29. The molecule has 0 saturated carbocycles. The summed E-state index contributed by atoms with van der Waals surface area (Å²) < 4.78 is 0. The maximum atomic E-state index is 6.03. The van der Waals surface area contributed by atoms with Gasteiger partial charge in [-0.1, -0.05) is 36.8 Å². The number of nitrogens with zero attached hydrogens (tertiary/aromatic N) is 1. The molecule has 1 aromatic carbocycles. The van der Waals surface area contributed by atoms with Gasteiger partial charge in [-0.25, -0.2) is 4.98 Å². The summed E-state index contributed by atoms with van der Waals surface area (Å²) in [5.74, 6) is 0. The molecule has 0 bridgehead atoms. The lowest BCUT2D eigenvalue weighted by Gasteiger charge is -2.02. The summed E-state index contributed by atoms with van der Waals surface area (Å²) in [7, 11) is 0. The second kappa shape index (κ2) is 4.98. The topological polar surface area (TPSA) is 38.9 Å². The first-order valence-electron chi connectivity index (χ1n) is 5.91. The number of aryl methyl sites for hydroxylation is 2. The zero-order valence-corrected chi connectivity index (χ0v) is 11.3. The highest BCUT2D eigenvalue weighted by atomic mass is 32.1. The van der Waals surface area contributed by atoms with Crippen LogP contribution in [-0.2, 0) is 0 Å². The van der Waals surface area contributed by atoms with Crippen LogP contribution in [0, 0.1) is 13.8 Å². The van der Waals surface area contributed by atoms with Gasteiger partial charge in [-0.05, 0) is 20.3 Å². The minimum atomic E-state index is 0.0675. The molecule has 0 amide bonds. The van der Waals surface area contributed by atoms with Crippen LogP contribution >= 0.6 is 11.3 Å². The molecule has 1 heterocycles. The van der Waals surface area contributed by atoms with Gasteiger partial charge in [0.15, 0.2) is 0 Å². The Labute approximate surface area is 107 Å². The molecule has 90 valence electrons. The molecule has 2 aromatic rings. The van der Waals surface area contributed by atoms with Crippen LogP contribution < -0.4 is 5.73 Å². The van der Waals surface area contributed by atoms with Crippen molar-refractivity contribution in [2.45, 2.75) is 33.2 Å². The first-order chi connectivity index (χ1) is 8.11. The average molecular weight is 246 g/mol. The van der Waals surface area contributed by atoms with Gasteiger partial charge in [0, 0.05) is 10.4 Å². The van der Waals surface area contributed by atoms with Crippen molar-refractivity contribution in [2.24, 2.45) is 5.73 Å². The number of nitrogens with two attached hydrogens (primary N) is 1. The minimum absolute atomic E-state index is 0.0675. The van der Waals surface area contributed by atoms with Gasteiger partial charge < -0.3 is 5.73 Å². The van der Waals surface area contributed by atoms with Crippen molar-refractivity contribution in [2.75, 3.05) is 0 Å². The van der Waals surface area contributed by atoms with Crippen LogP contribution in [0.25, 0.3) is 11.3 Å². The largest absolute Gasteiger partial charge is 0.322 e. The van der Waals surface area contributed by atoms with E-state index >= 15 is 0 Å². The van der Waals surface area contributed by atoms with Crippen molar-refractivity contribution in [1.29, 1.82) is 0 Å². The van der Waals surface area contributed by atoms with Crippen LogP contribution in [0.2, 0.25) is 0 Å². The highest BCUT2D eigenvalue weighted by molar-refractivity contribution is 7.12. The van der Waals surface area contributed by atoms with Crippen molar-refractivity contribution >= 4 is 11.3 Å². The number of hydrogen-bond donors (Lipinski definition) is 1. The van der Waals surface area contributed by atoms with E-state index in [-0.39, 0.29) is 6.04 Å². The summed E-state index contributed by atoms with van der Waals surface area (Å²) in [4.78, 5) is 5.92.